The summed E-state index contributed by atoms with van der Waals surface area (Å²) in [4.78, 5) is 10.9. The third-order valence-corrected chi connectivity index (χ3v) is 2.08. The smallest absolute Gasteiger partial charge is 0.155 e. The molecule has 1 aromatic carbocycles. The normalized spacial score (nSPS) is 12.1. The summed E-state index contributed by atoms with van der Waals surface area (Å²) in [6, 6.07) is 9.33. The number of carbonyl (C=O) groups is 1. The molecule has 2 nitrogen and oxygen atoms in total. The largest absolute Gasteiger partial charge is 0.388 e. The van der Waals surface area contributed by atoms with Crippen molar-refractivity contribution in [1.82, 2.24) is 0 Å². The molecule has 0 spiro atoms. The van der Waals surface area contributed by atoms with Gasteiger partial charge >= 0.3 is 0 Å². The maximum absolute atomic E-state index is 10.9. The highest BCUT2D eigenvalue weighted by Crippen LogP contribution is 2.17. The van der Waals surface area contributed by atoms with Gasteiger partial charge in [0.2, 0.25) is 0 Å². The zero-order chi connectivity index (χ0) is 10.4. The van der Waals surface area contributed by atoms with Crippen LogP contribution in [-0.2, 0) is 4.79 Å². The van der Waals surface area contributed by atoms with Crippen LogP contribution in [0.2, 0.25) is 0 Å². The minimum absolute atomic E-state index is 0.0278. The molecule has 1 rings (SSSR count). The number of hydrogen-bond donors (Lipinski definition) is 1. The lowest BCUT2D eigenvalue weighted by Gasteiger charge is -2.08. The average Bonchev–Trinajstić information content (AvgIpc) is 2.26. The molecule has 1 aromatic rings. The van der Waals surface area contributed by atoms with Gasteiger partial charge in [0.1, 0.15) is 0 Å². The monoisotopic (exact) mass is 190 g/mol. The molecule has 0 bridgehead atoms. The minimum atomic E-state index is -0.555. The summed E-state index contributed by atoms with van der Waals surface area (Å²) in [5.41, 5.74) is 0.851. The van der Waals surface area contributed by atoms with E-state index in [0.29, 0.717) is 12.8 Å². The predicted octanol–water partition coefficient (Wildman–Crippen LogP) is 2.26. The Morgan fingerprint density at radius 1 is 1.43 bits per heavy atom. The molecule has 1 unspecified atom stereocenters. The summed E-state index contributed by atoms with van der Waals surface area (Å²) < 4.78 is 0. The zero-order valence-corrected chi connectivity index (χ0v) is 8.02. The molecule has 1 atom stereocenters. The predicted molar refractivity (Wildman–Crippen MR) is 55.8 cm³/mol. The maximum Gasteiger partial charge on any atom is 0.155 e. The van der Waals surface area contributed by atoms with Gasteiger partial charge in [0.05, 0.1) is 6.10 Å². The molecule has 0 aliphatic carbocycles. The average molecular weight is 190 g/mol. The van der Waals surface area contributed by atoms with E-state index in [1.165, 1.54) is 6.08 Å². The lowest BCUT2D eigenvalue weighted by atomic mass is 10.0. The molecule has 0 amide bonds. The molecule has 0 heterocycles. The van der Waals surface area contributed by atoms with Crippen LogP contribution in [0, 0.1) is 0 Å². The van der Waals surface area contributed by atoms with Gasteiger partial charge in [0, 0.05) is 6.42 Å². The second kappa shape index (κ2) is 5.35. The van der Waals surface area contributed by atoms with Gasteiger partial charge in [-0.1, -0.05) is 36.9 Å². The fraction of sp³-hybridized carbons (Fsp3) is 0.250. The highest BCUT2D eigenvalue weighted by Gasteiger charge is 2.07. The molecule has 0 aliphatic heterocycles. The van der Waals surface area contributed by atoms with E-state index in [4.69, 9.17) is 0 Å². The number of aliphatic hydroxyl groups excluding tert-OH is 1. The van der Waals surface area contributed by atoms with Crippen molar-refractivity contribution in [1.29, 1.82) is 0 Å². The topological polar surface area (TPSA) is 37.3 Å². The Hall–Kier alpha value is -1.41. The van der Waals surface area contributed by atoms with E-state index >= 15 is 0 Å². The van der Waals surface area contributed by atoms with Gasteiger partial charge in [-0.2, -0.15) is 0 Å². The van der Waals surface area contributed by atoms with E-state index in [2.05, 4.69) is 6.58 Å². The van der Waals surface area contributed by atoms with Crippen LogP contribution in [-0.4, -0.2) is 10.9 Å². The van der Waals surface area contributed by atoms with E-state index in [9.17, 15) is 9.90 Å². The first kappa shape index (κ1) is 10.7. The van der Waals surface area contributed by atoms with Crippen LogP contribution in [0.1, 0.15) is 24.5 Å². The van der Waals surface area contributed by atoms with Crippen LogP contribution < -0.4 is 0 Å². The van der Waals surface area contributed by atoms with E-state index in [0.717, 1.165) is 5.56 Å². The molecule has 74 valence electrons. The van der Waals surface area contributed by atoms with Crippen LogP contribution >= 0.6 is 0 Å². The first-order chi connectivity index (χ1) is 6.74. The quantitative estimate of drug-likeness (QED) is 0.723. The standard InChI is InChI=1S/C12H14O2/c1-2-11(13)8-9-12(14)10-6-4-3-5-7-10/h2-7,12,14H,1,8-9H2. The summed E-state index contributed by atoms with van der Waals surface area (Å²) in [6.07, 6.45) is 1.53. The van der Waals surface area contributed by atoms with Crippen molar-refractivity contribution in [3.05, 3.63) is 48.6 Å². The Morgan fingerprint density at radius 2 is 2.07 bits per heavy atom. The number of benzene rings is 1. The minimum Gasteiger partial charge on any atom is -0.388 e. The van der Waals surface area contributed by atoms with E-state index in [1.54, 1.807) is 0 Å². The first-order valence-corrected chi connectivity index (χ1v) is 4.62. The number of rotatable bonds is 5. The van der Waals surface area contributed by atoms with Gasteiger partial charge in [-0.3, -0.25) is 4.79 Å². The molecule has 0 saturated heterocycles. The van der Waals surface area contributed by atoms with Crippen molar-refractivity contribution >= 4 is 5.78 Å². The first-order valence-electron chi connectivity index (χ1n) is 4.62. The maximum atomic E-state index is 10.9. The van der Waals surface area contributed by atoms with Crippen molar-refractivity contribution in [2.75, 3.05) is 0 Å². The van der Waals surface area contributed by atoms with Crippen LogP contribution in [0.3, 0.4) is 0 Å². The summed E-state index contributed by atoms with van der Waals surface area (Å²) in [5.74, 6) is -0.0278. The number of carbonyl (C=O) groups excluding carboxylic acids is 1. The van der Waals surface area contributed by atoms with Crippen molar-refractivity contribution in [3.8, 4) is 0 Å². The van der Waals surface area contributed by atoms with Gasteiger partial charge in [-0.25, -0.2) is 0 Å². The summed E-state index contributed by atoms with van der Waals surface area (Å²) in [5, 5.41) is 9.68. The summed E-state index contributed by atoms with van der Waals surface area (Å²) in [7, 11) is 0. The van der Waals surface area contributed by atoms with Crippen LogP contribution in [0.15, 0.2) is 43.0 Å². The van der Waals surface area contributed by atoms with E-state index < -0.39 is 6.10 Å². The Labute approximate surface area is 83.9 Å². The number of ketones is 1. The van der Waals surface area contributed by atoms with Gasteiger partial charge in [-0.15, -0.1) is 0 Å². The van der Waals surface area contributed by atoms with Crippen LogP contribution in [0.25, 0.3) is 0 Å². The van der Waals surface area contributed by atoms with Crippen LogP contribution in [0.4, 0.5) is 0 Å². The van der Waals surface area contributed by atoms with E-state index in [1.807, 2.05) is 30.3 Å². The second-order valence-electron chi connectivity index (χ2n) is 3.14. The lowest BCUT2D eigenvalue weighted by Crippen LogP contribution is -2.00. The molecular weight excluding hydrogens is 176 g/mol. The molecule has 0 aliphatic rings. The van der Waals surface area contributed by atoms with Crippen molar-refractivity contribution in [3.63, 3.8) is 0 Å². The number of aliphatic hydroxyl groups is 1. The summed E-state index contributed by atoms with van der Waals surface area (Å²) >= 11 is 0. The lowest BCUT2D eigenvalue weighted by molar-refractivity contribution is -0.115. The van der Waals surface area contributed by atoms with Gasteiger partial charge < -0.3 is 5.11 Å². The van der Waals surface area contributed by atoms with Crippen LogP contribution in [0.5, 0.6) is 0 Å². The molecule has 0 radical (unpaired) electrons. The van der Waals surface area contributed by atoms with Gasteiger partial charge in [-0.05, 0) is 18.1 Å². The van der Waals surface area contributed by atoms with E-state index in [-0.39, 0.29) is 5.78 Å². The summed E-state index contributed by atoms with van der Waals surface area (Å²) in [6.45, 7) is 3.38. The van der Waals surface area contributed by atoms with Crippen molar-refractivity contribution < 1.29 is 9.90 Å². The zero-order valence-electron chi connectivity index (χ0n) is 8.02. The van der Waals surface area contributed by atoms with Crippen molar-refractivity contribution in [2.24, 2.45) is 0 Å². The number of hydrogen-bond acceptors (Lipinski definition) is 2. The molecule has 0 saturated carbocycles. The third kappa shape index (κ3) is 3.15. The Balaban J connectivity index is 2.47. The Bertz CT molecular complexity index is 303. The fourth-order valence-corrected chi connectivity index (χ4v) is 1.22. The highest BCUT2D eigenvalue weighted by molar-refractivity contribution is 5.88. The molecule has 2 heteroatoms. The third-order valence-electron chi connectivity index (χ3n) is 2.08. The Kier molecular flexibility index (Phi) is 4.08. The fourth-order valence-electron chi connectivity index (χ4n) is 1.22. The van der Waals surface area contributed by atoms with Gasteiger partial charge in [0.15, 0.2) is 5.78 Å². The molecule has 1 N–H and O–H groups in total. The van der Waals surface area contributed by atoms with Crippen molar-refractivity contribution in [2.45, 2.75) is 18.9 Å². The second-order valence-corrected chi connectivity index (χ2v) is 3.14. The SMILES string of the molecule is C=CC(=O)CCC(O)c1ccccc1. The number of allylic oxidation sites excluding steroid dienone is 1. The Morgan fingerprint density at radius 3 is 2.64 bits per heavy atom. The highest BCUT2D eigenvalue weighted by atomic mass is 16.3. The molecule has 0 fully saturated rings. The molecule has 0 aromatic heterocycles. The van der Waals surface area contributed by atoms with Gasteiger partial charge in [0.25, 0.3) is 0 Å². The molecular formula is C12H14O2. The molecule has 14 heavy (non-hydrogen) atoms.